The van der Waals surface area contributed by atoms with Crippen molar-refractivity contribution in [2.75, 3.05) is 45.9 Å². The van der Waals surface area contributed by atoms with Crippen LogP contribution in [0.1, 0.15) is 146 Å². The maximum Gasteiger partial charge on any atom is 0.553 e. The summed E-state index contributed by atoms with van der Waals surface area (Å²) in [4.78, 5) is 85.4. The molecule has 23 heteroatoms. The third-order valence-electron chi connectivity index (χ3n) is 16.1. The lowest BCUT2D eigenvalue weighted by Gasteiger charge is -2.38. The number of nitrogens with zero attached hydrogens (tertiary/aromatic N) is 10. The average Bonchev–Trinajstić information content (AvgIpc) is 4.52. The third kappa shape index (κ3) is 18.3. The summed E-state index contributed by atoms with van der Waals surface area (Å²) in [6, 6.07) is 8.94. The number of aromatic nitrogens is 6. The molecule has 3 amide bonds. The molecule has 12 rings (SSSR count). The van der Waals surface area contributed by atoms with Crippen LogP contribution in [-0.4, -0.2) is 161 Å². The van der Waals surface area contributed by atoms with Gasteiger partial charge >= 0.3 is 12.2 Å². The standard InChI is InChI=1S/C23H28N4O4.C18H22N4O2.C9H12N2O5.C6H15N.C4H8O/c1-14-21(25-13-26-22(14)31-20-4-3-9-24-15(20)2)30-19-10-17-7-8-18(11-19)27(17)23(28)29-12-16-5-6-16;1-11-17(23-15-8-13-5-6-14(9-15)22-13)20-10-21-18(11)24-16-4-3-7-19-12(16)2;12-7-3-4-8(13)11(7)16-9(14)15-10-5-1-2-6-10;1-4-7(5-2)6-3;5-3-4-1-2-4/h3-4,9,13,16-19H,5-8,10-12H2,1-2H3;3-4,7,10,13-15,22H,5-6,8-9H2,1-2H3;1-6H2;4-6H2,1-3H3;4-5H,1-3H2. The van der Waals surface area contributed by atoms with Crippen molar-refractivity contribution in [3.05, 3.63) is 71.8 Å². The van der Waals surface area contributed by atoms with E-state index in [1.807, 2.05) is 56.9 Å². The van der Waals surface area contributed by atoms with Gasteiger partial charge in [0.15, 0.2) is 11.5 Å². The summed E-state index contributed by atoms with van der Waals surface area (Å²) in [6.07, 6.45) is 20.6. The number of hydrogen-bond acceptors (Lipinski definition) is 21. The molecule has 4 aromatic heterocycles. The van der Waals surface area contributed by atoms with Gasteiger partial charge in [0.25, 0.3) is 11.8 Å². The second-order valence-electron chi connectivity index (χ2n) is 22.4. The van der Waals surface area contributed by atoms with Gasteiger partial charge in [0.05, 0.1) is 29.1 Å². The van der Waals surface area contributed by atoms with Crippen LogP contribution in [-0.2, 0) is 24.0 Å². The minimum Gasteiger partial charge on any atom is -0.474 e. The highest BCUT2D eigenvalue weighted by atomic mass is 16.9. The summed E-state index contributed by atoms with van der Waals surface area (Å²) in [5, 5.41) is 13.8. The van der Waals surface area contributed by atoms with Crippen molar-refractivity contribution < 1.29 is 57.6 Å². The van der Waals surface area contributed by atoms with Crippen LogP contribution in [0.5, 0.6) is 35.0 Å². The molecule has 2 saturated carbocycles. The minimum atomic E-state index is -1.04. The highest BCUT2D eigenvalue weighted by Crippen LogP contribution is 2.40. The first-order valence-corrected chi connectivity index (χ1v) is 29.9. The molecule has 0 radical (unpaired) electrons. The first kappa shape index (κ1) is 62.2. The Bertz CT molecular complexity index is 2710. The van der Waals surface area contributed by atoms with Gasteiger partial charge in [0.1, 0.15) is 24.9 Å². The Kier molecular flexibility index (Phi) is 23.0. The van der Waals surface area contributed by atoms with E-state index in [1.165, 1.54) is 75.9 Å². The molecule has 6 aliphatic heterocycles. The highest BCUT2D eigenvalue weighted by Gasteiger charge is 2.46. The largest absolute Gasteiger partial charge is 0.553 e. The van der Waals surface area contributed by atoms with E-state index < -0.39 is 18.0 Å². The molecule has 4 bridgehead atoms. The number of aliphatic hydroxyl groups excluding tert-OH is 1. The van der Waals surface area contributed by atoms with Crippen LogP contribution >= 0.6 is 0 Å². The molecule has 6 saturated heterocycles. The number of rotatable bonds is 16. The number of fused-ring (bicyclic) bond motifs is 4. The van der Waals surface area contributed by atoms with Gasteiger partial charge in [-0.25, -0.2) is 24.7 Å². The number of amides is 3. The molecule has 23 nitrogen and oxygen atoms in total. The van der Waals surface area contributed by atoms with Crippen LogP contribution in [0.3, 0.4) is 0 Å². The molecule has 2 N–H and O–H groups in total. The van der Waals surface area contributed by atoms with Gasteiger partial charge in [-0.15, -0.1) is 5.06 Å². The van der Waals surface area contributed by atoms with Crippen LogP contribution in [0.4, 0.5) is 9.59 Å². The van der Waals surface area contributed by atoms with E-state index in [0.29, 0.717) is 90.3 Å². The second-order valence-corrected chi connectivity index (χ2v) is 22.4. The van der Waals surface area contributed by atoms with Crippen molar-refractivity contribution in [3.63, 3.8) is 0 Å². The molecule has 4 atom stereocenters. The molecule has 4 aromatic rings. The smallest absolute Gasteiger partial charge is 0.474 e. The molecule has 8 fully saturated rings. The van der Waals surface area contributed by atoms with Crippen LogP contribution in [0.25, 0.3) is 0 Å². The first-order chi connectivity index (χ1) is 40.2. The van der Waals surface area contributed by atoms with Crippen molar-refractivity contribution >= 4 is 24.1 Å². The molecule has 0 aromatic carbocycles. The number of imide groups is 1. The Morgan fingerprint density at radius 3 is 1.54 bits per heavy atom. The van der Waals surface area contributed by atoms with E-state index in [9.17, 15) is 19.2 Å². The fourth-order valence-corrected chi connectivity index (χ4v) is 10.7. The van der Waals surface area contributed by atoms with Gasteiger partial charge in [0, 0.05) is 81.9 Å². The lowest BCUT2D eigenvalue weighted by molar-refractivity contribution is -0.192. The zero-order chi connectivity index (χ0) is 58.8. The minimum absolute atomic E-state index is 0.00607. The summed E-state index contributed by atoms with van der Waals surface area (Å²) in [5.41, 5.74) is 3.20. The first-order valence-electron chi connectivity index (χ1n) is 29.9. The van der Waals surface area contributed by atoms with Gasteiger partial charge in [-0.3, -0.25) is 24.4 Å². The fourth-order valence-electron chi connectivity index (χ4n) is 10.7. The Hall–Kier alpha value is -6.82. The Balaban J connectivity index is 0.000000153. The number of nitrogens with one attached hydrogen (secondary N) is 1. The van der Waals surface area contributed by atoms with E-state index in [-0.39, 0.29) is 43.2 Å². The number of hydroxylamine groups is 4. The topological polar surface area (TPSA) is 255 Å². The summed E-state index contributed by atoms with van der Waals surface area (Å²) in [6.45, 7) is 20.0. The molecular formula is C60H85N11O12. The van der Waals surface area contributed by atoms with Crippen molar-refractivity contribution in [2.45, 2.75) is 188 Å². The monoisotopic (exact) mass is 1150 g/mol. The average molecular weight is 1150 g/mol. The van der Waals surface area contributed by atoms with E-state index >= 15 is 0 Å². The number of carbonyl (C=O) groups is 4. The van der Waals surface area contributed by atoms with Crippen LogP contribution in [0, 0.1) is 39.5 Å². The lowest BCUT2D eigenvalue weighted by Crippen LogP contribution is -2.49. The Labute approximate surface area is 487 Å². The molecule has 2 aliphatic carbocycles. The Morgan fingerprint density at radius 1 is 0.627 bits per heavy atom. The maximum atomic E-state index is 12.6. The summed E-state index contributed by atoms with van der Waals surface area (Å²) < 4.78 is 29.9. The number of ether oxygens (including phenoxy) is 5. The summed E-state index contributed by atoms with van der Waals surface area (Å²) in [5.74, 6) is 3.74. The molecule has 4 unspecified atom stereocenters. The number of carbonyl (C=O) groups excluding carboxylic acids is 4. The molecule has 10 heterocycles. The third-order valence-corrected chi connectivity index (χ3v) is 16.1. The van der Waals surface area contributed by atoms with E-state index in [2.05, 4.69) is 65.7 Å². The molecular weight excluding hydrogens is 1070 g/mol. The maximum absolute atomic E-state index is 12.6. The predicted molar refractivity (Wildman–Crippen MR) is 304 cm³/mol. The SMILES string of the molecule is CCN(CC)CC.Cc1ncccc1Oc1ncnc(OC2CC3CCC(C2)N3)c1C.Cc1ncccc1Oc1ncnc(OC2CC3CCC(C2)N3C(=O)OCC2CC2)c1C.O=C(ON1CCCC1)ON1C(=O)CCC1=O.OCC1CC1. The lowest BCUT2D eigenvalue weighted by atomic mass is 10.0. The zero-order valence-electron chi connectivity index (χ0n) is 49.4. The van der Waals surface area contributed by atoms with Gasteiger partial charge < -0.3 is 48.7 Å². The predicted octanol–water partition coefficient (Wildman–Crippen LogP) is 9.10. The zero-order valence-corrected chi connectivity index (χ0v) is 49.4. The summed E-state index contributed by atoms with van der Waals surface area (Å²) >= 11 is 0. The normalized spacial score (nSPS) is 23.0. The summed E-state index contributed by atoms with van der Waals surface area (Å²) in [7, 11) is 0. The molecule has 8 aliphatic rings. The van der Waals surface area contributed by atoms with E-state index in [0.717, 1.165) is 73.9 Å². The molecule has 452 valence electrons. The van der Waals surface area contributed by atoms with Crippen LogP contribution < -0.4 is 24.3 Å². The van der Waals surface area contributed by atoms with Gasteiger partial charge in [0.2, 0.25) is 23.5 Å². The molecule has 0 spiro atoms. The number of pyridine rings is 2. The highest BCUT2D eigenvalue weighted by molar-refractivity contribution is 6.01. The molecule has 83 heavy (non-hydrogen) atoms. The van der Waals surface area contributed by atoms with Crippen LogP contribution in [0.2, 0.25) is 0 Å². The second kappa shape index (κ2) is 30.6. The number of piperidine rings is 2. The fraction of sp³-hybridized carbons (Fsp3) is 0.633. The van der Waals surface area contributed by atoms with Crippen molar-refractivity contribution in [3.8, 4) is 35.0 Å². The van der Waals surface area contributed by atoms with Crippen molar-refractivity contribution in [1.29, 1.82) is 0 Å². The quantitative estimate of drug-likeness (QED) is 0.0991. The van der Waals surface area contributed by atoms with E-state index in [4.69, 9.17) is 33.6 Å². The Morgan fingerprint density at radius 2 is 1.11 bits per heavy atom. The van der Waals surface area contributed by atoms with Crippen LogP contribution in [0.15, 0.2) is 49.3 Å². The number of aliphatic hydroxyl groups is 1. The van der Waals surface area contributed by atoms with Gasteiger partial charge in [-0.1, -0.05) is 25.8 Å². The van der Waals surface area contributed by atoms with Crippen molar-refractivity contribution in [2.24, 2.45) is 11.8 Å². The van der Waals surface area contributed by atoms with Gasteiger partial charge in [-0.2, -0.15) is 4.79 Å². The van der Waals surface area contributed by atoms with Gasteiger partial charge in [-0.05, 0) is 160 Å². The number of aryl methyl sites for hydroxylation is 2. The van der Waals surface area contributed by atoms with E-state index in [1.54, 1.807) is 12.4 Å². The number of hydrogen-bond donors (Lipinski definition) is 2. The van der Waals surface area contributed by atoms with Crippen molar-refractivity contribution in [1.82, 2.24) is 55.1 Å².